The van der Waals surface area contributed by atoms with Crippen molar-refractivity contribution in [3.8, 4) is 0 Å². The monoisotopic (exact) mass is 381 g/mol. The van der Waals surface area contributed by atoms with E-state index >= 15 is 0 Å². The molecule has 22 heavy (non-hydrogen) atoms. The fourth-order valence-corrected chi connectivity index (χ4v) is 4.86. The number of nitrogens with zero attached hydrogens (tertiary/aromatic N) is 2. The van der Waals surface area contributed by atoms with Gasteiger partial charge in [-0.15, -0.1) is 0 Å². The average Bonchev–Trinajstić information content (AvgIpc) is 3.21. The van der Waals surface area contributed by atoms with Crippen molar-refractivity contribution in [2.45, 2.75) is 6.42 Å². The van der Waals surface area contributed by atoms with Crippen molar-refractivity contribution in [2.24, 2.45) is 23.7 Å². The second-order valence-electron chi connectivity index (χ2n) is 5.78. The fourth-order valence-electron chi connectivity index (χ4n) is 3.73. The number of nitrogens with one attached hydrogen (secondary N) is 1. The summed E-state index contributed by atoms with van der Waals surface area (Å²) in [6.45, 7) is -0.235. The highest BCUT2D eigenvalue weighted by Crippen LogP contribution is 2.52. The van der Waals surface area contributed by atoms with Crippen LogP contribution in [0.3, 0.4) is 0 Å². The lowest BCUT2D eigenvalue weighted by atomic mass is 9.85. The smallest absolute Gasteiger partial charge is 0.246 e. The molecule has 4 unspecified atom stereocenters. The number of aromatic nitrogens is 1. The number of anilines is 1. The van der Waals surface area contributed by atoms with Gasteiger partial charge in [-0.2, -0.15) is 0 Å². The fraction of sp³-hybridized carbons (Fsp3) is 0.429. The van der Waals surface area contributed by atoms with Gasteiger partial charge in [-0.05, 0) is 34.2 Å². The number of likely N-dealkylation sites (tertiary alicyclic amines) is 1. The molecule has 0 radical (unpaired) electrons. The highest BCUT2D eigenvalue weighted by Gasteiger charge is 2.59. The summed E-state index contributed by atoms with van der Waals surface area (Å²) in [5.74, 6) is -1.01. The van der Waals surface area contributed by atoms with Crippen LogP contribution in [0.1, 0.15) is 6.42 Å². The summed E-state index contributed by atoms with van der Waals surface area (Å²) in [7, 11) is 0. The number of amides is 3. The van der Waals surface area contributed by atoms with E-state index in [1.807, 2.05) is 12.2 Å². The molecule has 1 N–H and O–H groups in total. The van der Waals surface area contributed by atoms with Crippen LogP contribution in [0, 0.1) is 23.7 Å². The summed E-state index contributed by atoms with van der Waals surface area (Å²) in [6, 6.07) is 0. The van der Waals surface area contributed by atoms with Crippen LogP contribution in [0.2, 0.25) is 0 Å². The second kappa shape index (κ2) is 4.99. The summed E-state index contributed by atoms with van der Waals surface area (Å²) >= 11 is 4.54. The quantitative estimate of drug-likeness (QED) is 0.637. The Hall–Kier alpha value is -1.54. The van der Waals surface area contributed by atoms with Gasteiger partial charge in [0.1, 0.15) is 6.54 Å². The van der Waals surface area contributed by atoms with Gasteiger partial charge in [0.05, 0.1) is 21.8 Å². The van der Waals surface area contributed by atoms with E-state index in [0.717, 1.165) is 15.1 Å². The Morgan fingerprint density at radius 1 is 1.32 bits per heavy atom. The topological polar surface area (TPSA) is 79.4 Å². The molecule has 2 aliphatic carbocycles. The second-order valence-corrected chi connectivity index (χ2v) is 8.19. The van der Waals surface area contributed by atoms with Crippen LogP contribution in [0.25, 0.3) is 0 Å². The number of carbonyl (C=O) groups is 3. The number of halogens is 1. The van der Waals surface area contributed by atoms with Gasteiger partial charge in [0.15, 0.2) is 5.13 Å². The average molecular weight is 382 g/mol. The van der Waals surface area contributed by atoms with Gasteiger partial charge in [0.25, 0.3) is 0 Å². The third-order valence-electron chi connectivity index (χ3n) is 4.59. The number of carbonyl (C=O) groups excluding carboxylic acids is 3. The molecule has 4 atom stereocenters. The molecule has 2 fully saturated rings. The van der Waals surface area contributed by atoms with Gasteiger partial charge in [-0.1, -0.05) is 23.5 Å². The highest BCUT2D eigenvalue weighted by molar-refractivity contribution is 9.11. The summed E-state index contributed by atoms with van der Waals surface area (Å²) < 4.78 is 0.799. The maximum absolute atomic E-state index is 12.4. The van der Waals surface area contributed by atoms with Gasteiger partial charge in [-0.3, -0.25) is 19.3 Å². The van der Waals surface area contributed by atoms with E-state index in [0.29, 0.717) is 5.13 Å². The molecule has 4 rings (SSSR count). The molecule has 6 nitrogen and oxygen atoms in total. The number of fused-ring (bicyclic) bond motifs is 5. The number of allylic oxidation sites excluding steroid dienone is 2. The first-order valence-corrected chi connectivity index (χ1v) is 8.60. The first-order valence-electron chi connectivity index (χ1n) is 6.99. The minimum absolute atomic E-state index is 0.162. The number of thiazole rings is 1. The van der Waals surface area contributed by atoms with E-state index in [9.17, 15) is 14.4 Å². The van der Waals surface area contributed by atoms with E-state index < -0.39 is 5.91 Å². The van der Waals surface area contributed by atoms with Crippen molar-refractivity contribution >= 4 is 50.1 Å². The zero-order valence-corrected chi connectivity index (χ0v) is 13.8. The molecule has 1 aromatic heterocycles. The molecule has 8 heteroatoms. The van der Waals surface area contributed by atoms with E-state index in [1.165, 1.54) is 11.3 Å². The van der Waals surface area contributed by atoms with Crippen molar-refractivity contribution in [1.29, 1.82) is 0 Å². The first-order chi connectivity index (χ1) is 10.5. The van der Waals surface area contributed by atoms with E-state index in [1.54, 1.807) is 6.20 Å². The lowest BCUT2D eigenvalue weighted by Gasteiger charge is -2.16. The van der Waals surface area contributed by atoms with Crippen LogP contribution < -0.4 is 5.32 Å². The van der Waals surface area contributed by atoms with Crippen molar-refractivity contribution in [3.05, 3.63) is 22.1 Å². The van der Waals surface area contributed by atoms with Crippen molar-refractivity contribution in [1.82, 2.24) is 9.88 Å². The van der Waals surface area contributed by atoms with Crippen LogP contribution in [-0.4, -0.2) is 34.2 Å². The van der Waals surface area contributed by atoms with Crippen molar-refractivity contribution in [2.75, 3.05) is 11.9 Å². The van der Waals surface area contributed by atoms with Gasteiger partial charge in [0, 0.05) is 0 Å². The Kier molecular flexibility index (Phi) is 3.19. The predicted octanol–water partition coefficient (Wildman–Crippen LogP) is 1.65. The molecule has 1 aromatic rings. The molecule has 0 spiro atoms. The molecule has 1 aliphatic heterocycles. The van der Waals surface area contributed by atoms with Crippen LogP contribution in [0.5, 0.6) is 0 Å². The van der Waals surface area contributed by atoms with Crippen molar-refractivity contribution < 1.29 is 14.4 Å². The number of imide groups is 1. The normalized spacial score (nSPS) is 32.0. The standard InChI is InChI=1S/C14H12BrN3O3S/c15-8-4-16-14(22-8)17-9(19)5-18-12(20)10-6-1-2-7(3-6)11(10)13(18)21/h1-2,4,6-7,10-11H,3,5H2,(H,16,17,19). The number of rotatable bonds is 3. The summed E-state index contributed by atoms with van der Waals surface area (Å²) in [5, 5.41) is 3.05. The van der Waals surface area contributed by atoms with Gasteiger partial charge < -0.3 is 5.32 Å². The Morgan fingerprint density at radius 2 is 1.95 bits per heavy atom. The molecular weight excluding hydrogens is 370 g/mol. The van der Waals surface area contributed by atoms with Gasteiger partial charge >= 0.3 is 0 Å². The SMILES string of the molecule is O=C(CN1C(=O)C2C3C=CC(C3)C2C1=O)Nc1ncc(Br)s1. The molecule has 1 saturated heterocycles. The van der Waals surface area contributed by atoms with Crippen LogP contribution >= 0.6 is 27.3 Å². The molecule has 0 aromatic carbocycles. The Balaban J connectivity index is 1.46. The first kappa shape index (κ1) is 14.1. The van der Waals surface area contributed by atoms with E-state index in [-0.39, 0.29) is 42.0 Å². The third-order valence-corrected chi connectivity index (χ3v) is 5.98. The summed E-state index contributed by atoms with van der Waals surface area (Å²) in [5.41, 5.74) is 0. The van der Waals surface area contributed by atoms with E-state index in [2.05, 4.69) is 26.2 Å². The number of hydrogen-bond donors (Lipinski definition) is 1. The Labute approximate surface area is 138 Å². The van der Waals surface area contributed by atoms with Crippen LogP contribution in [0.4, 0.5) is 5.13 Å². The van der Waals surface area contributed by atoms with Crippen LogP contribution in [0.15, 0.2) is 22.1 Å². The minimum atomic E-state index is -0.399. The molecule has 114 valence electrons. The van der Waals surface area contributed by atoms with Crippen LogP contribution in [-0.2, 0) is 14.4 Å². The minimum Gasteiger partial charge on any atom is -0.300 e. The summed E-state index contributed by atoms with van der Waals surface area (Å²) in [4.78, 5) is 42.1. The zero-order valence-electron chi connectivity index (χ0n) is 11.4. The van der Waals surface area contributed by atoms with Gasteiger partial charge in [-0.25, -0.2) is 4.98 Å². The molecule has 2 bridgehead atoms. The number of hydrogen-bond acceptors (Lipinski definition) is 5. The molecule has 2 heterocycles. The predicted molar refractivity (Wildman–Crippen MR) is 82.9 cm³/mol. The Morgan fingerprint density at radius 3 is 2.50 bits per heavy atom. The Bertz CT molecular complexity index is 686. The molecule has 1 saturated carbocycles. The largest absolute Gasteiger partial charge is 0.300 e. The van der Waals surface area contributed by atoms with Crippen molar-refractivity contribution in [3.63, 3.8) is 0 Å². The lowest BCUT2D eigenvalue weighted by Crippen LogP contribution is -2.39. The van der Waals surface area contributed by atoms with E-state index in [4.69, 9.17) is 0 Å². The zero-order chi connectivity index (χ0) is 15.4. The highest BCUT2D eigenvalue weighted by atomic mass is 79.9. The molecule has 3 aliphatic rings. The molecular formula is C14H12BrN3O3S. The third kappa shape index (κ3) is 2.04. The van der Waals surface area contributed by atoms with Gasteiger partial charge in [0.2, 0.25) is 17.7 Å². The lowest BCUT2D eigenvalue weighted by molar-refractivity contribution is -0.143. The maximum atomic E-state index is 12.4. The maximum Gasteiger partial charge on any atom is 0.246 e. The summed E-state index contributed by atoms with van der Waals surface area (Å²) in [6.07, 6.45) is 6.54. The molecule has 3 amide bonds.